The van der Waals surface area contributed by atoms with Gasteiger partial charge in [0.15, 0.2) is 0 Å². The lowest BCUT2D eigenvalue weighted by atomic mass is 10.0. The van der Waals surface area contributed by atoms with E-state index in [0.29, 0.717) is 12.6 Å². The van der Waals surface area contributed by atoms with Gasteiger partial charge in [0, 0.05) is 38.3 Å². The van der Waals surface area contributed by atoms with Crippen LogP contribution in [0.25, 0.3) is 0 Å². The average Bonchev–Trinajstić information content (AvgIpc) is 2.53. The zero-order valence-corrected chi connectivity index (χ0v) is 12.5. The van der Waals surface area contributed by atoms with Crippen molar-refractivity contribution in [3.63, 3.8) is 0 Å². The van der Waals surface area contributed by atoms with Crippen LogP contribution in [0.15, 0.2) is 24.3 Å². The van der Waals surface area contributed by atoms with E-state index in [1.807, 2.05) is 36.2 Å². The number of amides is 1. The van der Waals surface area contributed by atoms with Crippen molar-refractivity contribution in [2.75, 3.05) is 26.7 Å². The number of piperidine rings is 1. The summed E-state index contributed by atoms with van der Waals surface area (Å²) >= 11 is 0. The van der Waals surface area contributed by atoms with Crippen molar-refractivity contribution >= 4 is 5.91 Å². The highest BCUT2D eigenvalue weighted by molar-refractivity contribution is 5.94. The Morgan fingerprint density at radius 1 is 1.30 bits per heavy atom. The fourth-order valence-electron chi connectivity index (χ4n) is 2.78. The second kappa shape index (κ2) is 6.86. The molecule has 1 aromatic carbocycles. The lowest BCUT2D eigenvalue weighted by Gasteiger charge is -2.36. The Bertz CT molecular complexity index is 436. The number of nitrogens with zero attached hydrogens (tertiary/aromatic N) is 2. The van der Waals surface area contributed by atoms with Gasteiger partial charge in [0.1, 0.15) is 0 Å². The minimum atomic E-state index is 0.114. The van der Waals surface area contributed by atoms with Crippen LogP contribution >= 0.6 is 0 Å². The van der Waals surface area contributed by atoms with Gasteiger partial charge in [0.25, 0.3) is 5.91 Å². The number of rotatable bonds is 4. The summed E-state index contributed by atoms with van der Waals surface area (Å²) in [5.74, 6) is 0.114. The number of benzene rings is 1. The van der Waals surface area contributed by atoms with E-state index < -0.39 is 0 Å². The highest BCUT2D eigenvalue weighted by Crippen LogP contribution is 2.17. The third-order valence-corrected chi connectivity index (χ3v) is 4.31. The van der Waals surface area contributed by atoms with Crippen molar-refractivity contribution in [3.05, 3.63) is 35.4 Å². The number of likely N-dealkylation sites (tertiary alicyclic amines) is 1. The van der Waals surface area contributed by atoms with Crippen LogP contribution in [0.5, 0.6) is 0 Å². The van der Waals surface area contributed by atoms with Crippen LogP contribution in [-0.2, 0) is 6.54 Å². The van der Waals surface area contributed by atoms with Crippen LogP contribution < -0.4 is 5.73 Å². The van der Waals surface area contributed by atoms with Gasteiger partial charge in [0.05, 0.1) is 0 Å². The van der Waals surface area contributed by atoms with Crippen LogP contribution in [0.4, 0.5) is 0 Å². The van der Waals surface area contributed by atoms with E-state index in [-0.39, 0.29) is 5.91 Å². The summed E-state index contributed by atoms with van der Waals surface area (Å²) in [6.07, 6.45) is 2.13. The molecular weight excluding hydrogens is 250 g/mol. The first-order chi connectivity index (χ1) is 9.65. The maximum absolute atomic E-state index is 12.5. The Morgan fingerprint density at radius 3 is 2.40 bits per heavy atom. The normalized spacial score (nSPS) is 17.1. The molecule has 0 atom stereocenters. The van der Waals surface area contributed by atoms with Crippen molar-refractivity contribution in [2.45, 2.75) is 32.4 Å². The number of hydrogen-bond acceptors (Lipinski definition) is 3. The Hall–Kier alpha value is -1.39. The fraction of sp³-hybridized carbons (Fsp3) is 0.562. The number of nitrogens with two attached hydrogens (primary N) is 1. The van der Waals surface area contributed by atoms with Crippen LogP contribution in [-0.4, -0.2) is 48.4 Å². The van der Waals surface area contributed by atoms with Crippen LogP contribution in [0.3, 0.4) is 0 Å². The van der Waals surface area contributed by atoms with Crippen molar-refractivity contribution in [3.8, 4) is 0 Å². The molecule has 0 bridgehead atoms. The van der Waals surface area contributed by atoms with Gasteiger partial charge in [0.2, 0.25) is 0 Å². The lowest BCUT2D eigenvalue weighted by molar-refractivity contribution is 0.0647. The number of carbonyl (C=O) groups is 1. The molecule has 1 saturated heterocycles. The Labute approximate surface area is 121 Å². The summed E-state index contributed by atoms with van der Waals surface area (Å²) in [6, 6.07) is 7.98. The molecule has 20 heavy (non-hydrogen) atoms. The highest BCUT2D eigenvalue weighted by Gasteiger charge is 2.25. The molecule has 0 saturated carbocycles. The lowest BCUT2D eigenvalue weighted by Crippen LogP contribution is -2.45. The molecule has 1 amide bonds. The maximum atomic E-state index is 12.5. The summed E-state index contributed by atoms with van der Waals surface area (Å²) in [6.45, 7) is 5.98. The van der Waals surface area contributed by atoms with Gasteiger partial charge in [-0.15, -0.1) is 0 Å². The van der Waals surface area contributed by atoms with Gasteiger partial charge >= 0.3 is 0 Å². The van der Waals surface area contributed by atoms with Gasteiger partial charge < -0.3 is 15.5 Å². The molecule has 0 unspecified atom stereocenters. The van der Waals surface area contributed by atoms with Gasteiger partial charge in [-0.3, -0.25) is 4.79 Å². The monoisotopic (exact) mass is 275 g/mol. The van der Waals surface area contributed by atoms with Gasteiger partial charge in [-0.2, -0.15) is 0 Å². The molecule has 0 aliphatic carbocycles. The summed E-state index contributed by atoms with van der Waals surface area (Å²) < 4.78 is 0. The van der Waals surface area contributed by atoms with E-state index >= 15 is 0 Å². The standard InChI is InChI=1S/C16H25N3O/c1-3-19-10-8-15(9-11-19)18(2)16(20)14-6-4-13(12-17)5-7-14/h4-7,15H,3,8-12,17H2,1-2H3. The molecule has 4 heteroatoms. The predicted molar refractivity (Wildman–Crippen MR) is 81.6 cm³/mol. The van der Waals surface area contributed by atoms with Gasteiger partial charge in [-0.05, 0) is 37.1 Å². The van der Waals surface area contributed by atoms with Crippen LogP contribution in [0.2, 0.25) is 0 Å². The summed E-state index contributed by atoms with van der Waals surface area (Å²) in [5, 5.41) is 0. The first-order valence-electron chi connectivity index (χ1n) is 7.44. The zero-order chi connectivity index (χ0) is 14.5. The Morgan fingerprint density at radius 2 is 1.90 bits per heavy atom. The quantitative estimate of drug-likeness (QED) is 0.910. The molecule has 2 rings (SSSR count). The SMILES string of the molecule is CCN1CCC(N(C)C(=O)c2ccc(CN)cc2)CC1. The summed E-state index contributed by atoms with van der Waals surface area (Å²) in [4.78, 5) is 16.8. The summed E-state index contributed by atoms with van der Waals surface area (Å²) in [5.41, 5.74) is 7.39. The second-order valence-electron chi connectivity index (χ2n) is 5.48. The van der Waals surface area contributed by atoms with Crippen molar-refractivity contribution < 1.29 is 4.79 Å². The van der Waals surface area contributed by atoms with Gasteiger partial charge in [-0.1, -0.05) is 19.1 Å². The molecule has 110 valence electrons. The first-order valence-corrected chi connectivity index (χ1v) is 7.44. The third-order valence-electron chi connectivity index (χ3n) is 4.31. The molecule has 1 heterocycles. The van der Waals surface area contributed by atoms with Crippen LogP contribution in [0, 0.1) is 0 Å². The predicted octanol–water partition coefficient (Wildman–Crippen LogP) is 1.70. The third kappa shape index (κ3) is 3.38. The van der Waals surface area contributed by atoms with E-state index in [0.717, 1.165) is 43.6 Å². The second-order valence-corrected chi connectivity index (χ2v) is 5.48. The molecule has 4 nitrogen and oxygen atoms in total. The fourth-order valence-corrected chi connectivity index (χ4v) is 2.78. The van der Waals surface area contributed by atoms with Crippen molar-refractivity contribution in [2.24, 2.45) is 5.73 Å². The molecule has 0 spiro atoms. The van der Waals surface area contributed by atoms with E-state index in [2.05, 4.69) is 11.8 Å². The Kier molecular flexibility index (Phi) is 5.15. The summed E-state index contributed by atoms with van der Waals surface area (Å²) in [7, 11) is 1.92. The average molecular weight is 275 g/mol. The van der Waals surface area contributed by atoms with E-state index in [9.17, 15) is 4.79 Å². The maximum Gasteiger partial charge on any atom is 0.253 e. The first kappa shape index (κ1) is 15.0. The van der Waals surface area contributed by atoms with Gasteiger partial charge in [-0.25, -0.2) is 0 Å². The molecule has 0 radical (unpaired) electrons. The zero-order valence-electron chi connectivity index (χ0n) is 12.5. The van der Waals surface area contributed by atoms with Crippen LogP contribution in [0.1, 0.15) is 35.7 Å². The Balaban J connectivity index is 1.97. The smallest absolute Gasteiger partial charge is 0.253 e. The number of carbonyl (C=O) groups excluding carboxylic acids is 1. The molecule has 1 aliphatic rings. The number of hydrogen-bond donors (Lipinski definition) is 1. The molecular formula is C16H25N3O. The minimum absolute atomic E-state index is 0.114. The molecule has 1 fully saturated rings. The van der Waals surface area contributed by atoms with E-state index in [1.54, 1.807) is 0 Å². The largest absolute Gasteiger partial charge is 0.339 e. The highest BCUT2D eigenvalue weighted by atomic mass is 16.2. The molecule has 0 aromatic heterocycles. The topological polar surface area (TPSA) is 49.6 Å². The van der Waals surface area contributed by atoms with Crippen molar-refractivity contribution in [1.29, 1.82) is 0 Å². The minimum Gasteiger partial charge on any atom is -0.339 e. The molecule has 2 N–H and O–H groups in total. The van der Waals surface area contributed by atoms with E-state index in [1.165, 1.54) is 0 Å². The van der Waals surface area contributed by atoms with E-state index in [4.69, 9.17) is 5.73 Å². The molecule has 1 aromatic rings. The molecule has 1 aliphatic heterocycles. The van der Waals surface area contributed by atoms with Crippen molar-refractivity contribution in [1.82, 2.24) is 9.80 Å².